The summed E-state index contributed by atoms with van der Waals surface area (Å²) in [4.78, 5) is 4.34. The van der Waals surface area contributed by atoms with E-state index in [2.05, 4.69) is 39.9 Å². The molecule has 0 aliphatic carbocycles. The lowest BCUT2D eigenvalue weighted by molar-refractivity contribution is 0.769. The van der Waals surface area contributed by atoms with Gasteiger partial charge in [0.2, 0.25) is 0 Å². The Morgan fingerprint density at radius 3 is 2.71 bits per heavy atom. The standard InChI is InChI=1S/C12H15BrN4/c1-3-9-11(14)10(4-2)17(16-9)12-8(13)6-5-7-15-12/h5-7H,3-4,14H2,1-2H3. The van der Waals surface area contributed by atoms with E-state index in [0.29, 0.717) is 0 Å². The van der Waals surface area contributed by atoms with Crippen LogP contribution in [-0.2, 0) is 12.8 Å². The maximum Gasteiger partial charge on any atom is 0.168 e. The largest absolute Gasteiger partial charge is 0.396 e. The van der Waals surface area contributed by atoms with Gasteiger partial charge in [-0.1, -0.05) is 13.8 Å². The molecule has 0 aliphatic heterocycles. The third kappa shape index (κ3) is 2.07. The van der Waals surface area contributed by atoms with Gasteiger partial charge >= 0.3 is 0 Å². The van der Waals surface area contributed by atoms with Crippen LogP contribution in [0.5, 0.6) is 0 Å². The van der Waals surface area contributed by atoms with E-state index in [1.54, 1.807) is 6.20 Å². The Bertz CT molecular complexity index is 533. The maximum absolute atomic E-state index is 6.09. The van der Waals surface area contributed by atoms with E-state index in [0.717, 1.165) is 40.2 Å². The number of nitrogen functional groups attached to an aromatic ring is 1. The van der Waals surface area contributed by atoms with Crippen LogP contribution in [0.3, 0.4) is 0 Å². The van der Waals surface area contributed by atoms with Crippen molar-refractivity contribution in [1.82, 2.24) is 14.8 Å². The van der Waals surface area contributed by atoms with E-state index < -0.39 is 0 Å². The average Bonchev–Trinajstić information content (AvgIpc) is 2.66. The first-order valence-corrected chi connectivity index (χ1v) is 6.45. The van der Waals surface area contributed by atoms with Crippen molar-refractivity contribution >= 4 is 21.6 Å². The Labute approximate surface area is 109 Å². The van der Waals surface area contributed by atoms with Crippen LogP contribution in [-0.4, -0.2) is 14.8 Å². The molecule has 0 saturated carbocycles. The summed E-state index contributed by atoms with van der Waals surface area (Å²) in [7, 11) is 0. The number of aromatic nitrogens is 3. The van der Waals surface area contributed by atoms with Gasteiger partial charge in [-0.25, -0.2) is 9.67 Å². The van der Waals surface area contributed by atoms with Gasteiger partial charge in [-0.05, 0) is 40.9 Å². The van der Waals surface area contributed by atoms with Crippen LogP contribution >= 0.6 is 15.9 Å². The third-order valence-electron chi connectivity index (χ3n) is 2.71. The Morgan fingerprint density at radius 2 is 2.12 bits per heavy atom. The molecule has 2 N–H and O–H groups in total. The van der Waals surface area contributed by atoms with Crippen LogP contribution in [0.25, 0.3) is 5.82 Å². The van der Waals surface area contributed by atoms with Gasteiger partial charge in [0.25, 0.3) is 0 Å². The van der Waals surface area contributed by atoms with Crippen LogP contribution in [0, 0.1) is 0 Å². The molecule has 0 bridgehead atoms. The average molecular weight is 295 g/mol. The summed E-state index contributed by atoms with van der Waals surface area (Å²) in [5, 5.41) is 4.53. The molecule has 0 amide bonds. The molecule has 2 rings (SSSR count). The molecule has 0 radical (unpaired) electrons. The predicted molar refractivity (Wildman–Crippen MR) is 72.2 cm³/mol. The zero-order valence-electron chi connectivity index (χ0n) is 9.94. The number of nitrogens with zero attached hydrogens (tertiary/aromatic N) is 3. The topological polar surface area (TPSA) is 56.7 Å². The Morgan fingerprint density at radius 1 is 1.35 bits per heavy atom. The summed E-state index contributed by atoms with van der Waals surface area (Å²) in [6.45, 7) is 4.12. The maximum atomic E-state index is 6.09. The van der Waals surface area contributed by atoms with Crippen molar-refractivity contribution in [2.45, 2.75) is 26.7 Å². The number of hydrogen-bond acceptors (Lipinski definition) is 3. The molecule has 0 unspecified atom stereocenters. The number of aryl methyl sites for hydroxylation is 1. The SMILES string of the molecule is CCc1nn(-c2ncccc2Br)c(CC)c1N. The highest BCUT2D eigenvalue weighted by Crippen LogP contribution is 2.25. The first kappa shape index (κ1) is 12.1. The molecule has 2 aromatic heterocycles. The molecule has 0 fully saturated rings. The second-order valence-corrected chi connectivity index (χ2v) is 4.59. The summed E-state index contributed by atoms with van der Waals surface area (Å²) in [6.07, 6.45) is 3.42. The second-order valence-electron chi connectivity index (χ2n) is 3.73. The lowest BCUT2D eigenvalue weighted by Gasteiger charge is -2.06. The minimum absolute atomic E-state index is 0.785. The van der Waals surface area contributed by atoms with E-state index in [4.69, 9.17) is 5.73 Å². The fraction of sp³-hybridized carbons (Fsp3) is 0.333. The molecule has 90 valence electrons. The molecule has 0 aromatic carbocycles. The van der Waals surface area contributed by atoms with Crippen LogP contribution < -0.4 is 5.73 Å². The molecule has 4 nitrogen and oxygen atoms in total. The lowest BCUT2D eigenvalue weighted by atomic mass is 10.2. The summed E-state index contributed by atoms with van der Waals surface area (Å²) in [6, 6.07) is 3.83. The fourth-order valence-corrected chi connectivity index (χ4v) is 2.25. The van der Waals surface area contributed by atoms with Crippen molar-refractivity contribution in [2.24, 2.45) is 0 Å². The molecule has 0 saturated heterocycles. The molecule has 0 spiro atoms. The van der Waals surface area contributed by atoms with E-state index >= 15 is 0 Å². The zero-order chi connectivity index (χ0) is 12.4. The van der Waals surface area contributed by atoms with Crippen LogP contribution in [0.1, 0.15) is 25.2 Å². The normalized spacial score (nSPS) is 10.8. The van der Waals surface area contributed by atoms with Gasteiger partial charge in [0, 0.05) is 6.20 Å². The van der Waals surface area contributed by atoms with E-state index in [-0.39, 0.29) is 0 Å². The number of hydrogen-bond donors (Lipinski definition) is 1. The Kier molecular flexibility index (Phi) is 3.47. The molecule has 0 atom stereocenters. The number of halogens is 1. The molecule has 2 heterocycles. The van der Waals surface area contributed by atoms with Crippen molar-refractivity contribution in [3.63, 3.8) is 0 Å². The second kappa shape index (κ2) is 4.87. The molecular weight excluding hydrogens is 280 g/mol. The van der Waals surface area contributed by atoms with Crippen molar-refractivity contribution in [3.8, 4) is 5.82 Å². The summed E-state index contributed by atoms with van der Waals surface area (Å²) < 4.78 is 2.75. The number of rotatable bonds is 3. The minimum Gasteiger partial charge on any atom is -0.396 e. The summed E-state index contributed by atoms with van der Waals surface area (Å²) in [5.41, 5.74) is 8.82. The predicted octanol–water partition coefficient (Wildman–Crippen LogP) is 2.74. The molecule has 2 aromatic rings. The van der Waals surface area contributed by atoms with Gasteiger partial charge in [-0.2, -0.15) is 5.10 Å². The Balaban J connectivity index is 2.63. The highest BCUT2D eigenvalue weighted by Gasteiger charge is 2.15. The summed E-state index contributed by atoms with van der Waals surface area (Å²) >= 11 is 3.49. The minimum atomic E-state index is 0.785. The highest BCUT2D eigenvalue weighted by molar-refractivity contribution is 9.10. The van der Waals surface area contributed by atoms with Crippen LogP contribution in [0.2, 0.25) is 0 Å². The molecule has 17 heavy (non-hydrogen) atoms. The van der Waals surface area contributed by atoms with Crippen molar-refractivity contribution in [2.75, 3.05) is 5.73 Å². The van der Waals surface area contributed by atoms with Crippen molar-refractivity contribution < 1.29 is 0 Å². The first-order chi connectivity index (χ1) is 8.19. The van der Waals surface area contributed by atoms with Crippen LogP contribution in [0.4, 0.5) is 5.69 Å². The molecular formula is C12H15BrN4. The Hall–Kier alpha value is -1.36. The smallest absolute Gasteiger partial charge is 0.168 e. The van der Waals surface area contributed by atoms with Gasteiger partial charge < -0.3 is 5.73 Å². The fourth-order valence-electron chi connectivity index (χ4n) is 1.83. The lowest BCUT2D eigenvalue weighted by Crippen LogP contribution is -2.05. The van der Waals surface area contributed by atoms with E-state index in [9.17, 15) is 0 Å². The summed E-state index contributed by atoms with van der Waals surface area (Å²) in [5.74, 6) is 0.788. The van der Waals surface area contributed by atoms with Gasteiger partial charge in [0.15, 0.2) is 5.82 Å². The first-order valence-electron chi connectivity index (χ1n) is 5.66. The van der Waals surface area contributed by atoms with E-state index in [1.165, 1.54) is 0 Å². The zero-order valence-corrected chi connectivity index (χ0v) is 11.5. The van der Waals surface area contributed by atoms with Crippen LogP contribution in [0.15, 0.2) is 22.8 Å². The van der Waals surface area contributed by atoms with Crippen molar-refractivity contribution in [3.05, 3.63) is 34.2 Å². The third-order valence-corrected chi connectivity index (χ3v) is 3.33. The van der Waals surface area contributed by atoms with Gasteiger partial charge in [-0.3, -0.25) is 0 Å². The van der Waals surface area contributed by atoms with E-state index in [1.807, 2.05) is 16.8 Å². The molecule has 5 heteroatoms. The number of anilines is 1. The monoisotopic (exact) mass is 294 g/mol. The number of pyridine rings is 1. The van der Waals surface area contributed by atoms with Gasteiger partial charge in [0.1, 0.15) is 0 Å². The van der Waals surface area contributed by atoms with Crippen molar-refractivity contribution in [1.29, 1.82) is 0 Å². The molecule has 0 aliphatic rings. The van der Waals surface area contributed by atoms with Gasteiger partial charge in [0.05, 0.1) is 21.5 Å². The number of nitrogens with two attached hydrogens (primary N) is 1. The quantitative estimate of drug-likeness (QED) is 0.947. The van der Waals surface area contributed by atoms with Gasteiger partial charge in [-0.15, -0.1) is 0 Å². The highest BCUT2D eigenvalue weighted by atomic mass is 79.9.